The van der Waals surface area contributed by atoms with Crippen LogP contribution in [-0.2, 0) is 16.0 Å². The highest BCUT2D eigenvalue weighted by molar-refractivity contribution is 5.83. The number of amides is 1. The molecule has 0 atom stereocenters. The number of aliphatic carboxylic acids is 1. The van der Waals surface area contributed by atoms with E-state index in [4.69, 9.17) is 5.11 Å². The molecule has 0 saturated heterocycles. The van der Waals surface area contributed by atoms with Gasteiger partial charge in [-0.1, -0.05) is 13.8 Å². The van der Waals surface area contributed by atoms with Crippen LogP contribution in [-0.4, -0.2) is 45.2 Å². The Hall–Kier alpha value is -1.85. The van der Waals surface area contributed by atoms with Crippen molar-refractivity contribution in [2.24, 2.45) is 5.92 Å². The van der Waals surface area contributed by atoms with Gasteiger partial charge in [-0.05, 0) is 19.8 Å². The molecule has 0 bridgehead atoms. The maximum absolute atomic E-state index is 12.2. The average Bonchev–Trinajstić information content (AvgIpc) is 2.58. The zero-order valence-corrected chi connectivity index (χ0v) is 11.9. The Morgan fingerprint density at radius 3 is 2.42 bits per heavy atom. The summed E-state index contributed by atoms with van der Waals surface area (Å²) in [5.41, 5.74) is 2.49. The molecular weight excluding hydrogens is 246 g/mol. The second kappa shape index (κ2) is 6.36. The van der Waals surface area contributed by atoms with Gasteiger partial charge in [0.1, 0.15) is 6.54 Å². The summed E-state index contributed by atoms with van der Waals surface area (Å²) in [6.07, 6.45) is 0.189. The molecule has 0 fully saturated rings. The molecule has 0 aromatic carbocycles. The summed E-state index contributed by atoms with van der Waals surface area (Å²) in [5, 5.41) is 15.7. The number of nitrogens with zero attached hydrogens (tertiary/aromatic N) is 2. The van der Waals surface area contributed by atoms with E-state index < -0.39 is 5.97 Å². The van der Waals surface area contributed by atoms with Gasteiger partial charge in [-0.2, -0.15) is 5.10 Å². The molecule has 0 aliphatic heterocycles. The molecule has 1 amide bonds. The second-order valence-electron chi connectivity index (χ2n) is 5.15. The summed E-state index contributed by atoms with van der Waals surface area (Å²) < 4.78 is 0. The average molecular weight is 267 g/mol. The summed E-state index contributed by atoms with van der Waals surface area (Å²) in [4.78, 5) is 24.4. The highest BCUT2D eigenvalue weighted by Gasteiger charge is 2.20. The molecule has 1 aromatic heterocycles. The number of hydrogen-bond donors (Lipinski definition) is 2. The Morgan fingerprint density at radius 1 is 1.37 bits per heavy atom. The summed E-state index contributed by atoms with van der Waals surface area (Å²) in [7, 11) is 0. The topological polar surface area (TPSA) is 86.3 Å². The number of carboxylic acid groups (broad SMARTS) is 1. The Morgan fingerprint density at radius 2 is 2.00 bits per heavy atom. The first-order chi connectivity index (χ1) is 8.81. The lowest BCUT2D eigenvalue weighted by Crippen LogP contribution is -2.39. The number of nitrogens with one attached hydrogen (secondary N) is 1. The lowest BCUT2D eigenvalue weighted by Gasteiger charge is -2.22. The molecule has 0 saturated carbocycles. The third-order valence-corrected chi connectivity index (χ3v) is 2.87. The first-order valence-electron chi connectivity index (χ1n) is 6.31. The van der Waals surface area contributed by atoms with Gasteiger partial charge in [-0.25, -0.2) is 0 Å². The van der Waals surface area contributed by atoms with Crippen LogP contribution in [0.2, 0.25) is 0 Å². The number of aryl methyl sites for hydroxylation is 2. The molecule has 0 unspecified atom stereocenters. The fourth-order valence-electron chi connectivity index (χ4n) is 1.96. The summed E-state index contributed by atoms with van der Waals surface area (Å²) in [5.74, 6) is -0.937. The van der Waals surface area contributed by atoms with Crippen LogP contribution < -0.4 is 0 Å². The van der Waals surface area contributed by atoms with Crippen molar-refractivity contribution in [2.75, 3.05) is 13.1 Å². The zero-order valence-electron chi connectivity index (χ0n) is 11.9. The van der Waals surface area contributed by atoms with Crippen LogP contribution in [0.5, 0.6) is 0 Å². The summed E-state index contributed by atoms with van der Waals surface area (Å²) in [6.45, 7) is 7.78. The SMILES string of the molecule is Cc1n[nH]c(C)c1CC(=O)N(CC(=O)O)CC(C)C. The number of aromatic nitrogens is 2. The number of carbonyl (C=O) groups is 2. The van der Waals surface area contributed by atoms with E-state index >= 15 is 0 Å². The molecule has 1 heterocycles. The maximum atomic E-state index is 12.2. The largest absolute Gasteiger partial charge is 0.480 e. The van der Waals surface area contributed by atoms with Crippen molar-refractivity contribution in [3.8, 4) is 0 Å². The van der Waals surface area contributed by atoms with Gasteiger partial charge in [0.25, 0.3) is 0 Å². The van der Waals surface area contributed by atoms with Crippen LogP contribution >= 0.6 is 0 Å². The Bertz CT molecular complexity index is 446. The van der Waals surface area contributed by atoms with E-state index in [2.05, 4.69) is 10.2 Å². The quantitative estimate of drug-likeness (QED) is 0.809. The molecule has 106 valence electrons. The number of rotatable bonds is 6. The molecule has 0 spiro atoms. The molecule has 0 radical (unpaired) electrons. The molecule has 6 heteroatoms. The highest BCUT2D eigenvalue weighted by atomic mass is 16.4. The highest BCUT2D eigenvalue weighted by Crippen LogP contribution is 2.12. The van der Waals surface area contributed by atoms with Crippen molar-refractivity contribution < 1.29 is 14.7 Å². The number of carboxylic acids is 1. The first kappa shape index (κ1) is 15.2. The van der Waals surface area contributed by atoms with Crippen LogP contribution in [0.1, 0.15) is 30.8 Å². The smallest absolute Gasteiger partial charge is 0.323 e. The van der Waals surface area contributed by atoms with Crippen molar-refractivity contribution in [3.05, 3.63) is 17.0 Å². The van der Waals surface area contributed by atoms with E-state index in [1.165, 1.54) is 4.90 Å². The van der Waals surface area contributed by atoms with Crippen LogP contribution in [0.15, 0.2) is 0 Å². The Labute approximate surface area is 112 Å². The molecule has 19 heavy (non-hydrogen) atoms. The van der Waals surface area contributed by atoms with Crippen molar-refractivity contribution in [1.29, 1.82) is 0 Å². The number of carbonyl (C=O) groups excluding carboxylic acids is 1. The minimum absolute atomic E-state index is 0.177. The molecule has 0 aliphatic carbocycles. The maximum Gasteiger partial charge on any atom is 0.323 e. The van der Waals surface area contributed by atoms with E-state index in [0.29, 0.717) is 6.54 Å². The minimum Gasteiger partial charge on any atom is -0.480 e. The fourth-order valence-corrected chi connectivity index (χ4v) is 1.96. The van der Waals surface area contributed by atoms with Gasteiger partial charge in [-0.3, -0.25) is 14.7 Å². The van der Waals surface area contributed by atoms with Gasteiger partial charge in [0.05, 0.1) is 12.1 Å². The predicted octanol–water partition coefficient (Wildman–Crippen LogP) is 1.14. The molecular formula is C13H21N3O3. The lowest BCUT2D eigenvalue weighted by molar-refractivity contribution is -0.144. The zero-order chi connectivity index (χ0) is 14.6. The van der Waals surface area contributed by atoms with Crippen LogP contribution in [0.4, 0.5) is 0 Å². The second-order valence-corrected chi connectivity index (χ2v) is 5.15. The van der Waals surface area contributed by atoms with E-state index in [9.17, 15) is 9.59 Å². The summed E-state index contributed by atoms with van der Waals surface area (Å²) in [6, 6.07) is 0. The number of hydrogen-bond acceptors (Lipinski definition) is 3. The van der Waals surface area contributed by atoms with Gasteiger partial charge < -0.3 is 10.0 Å². The van der Waals surface area contributed by atoms with Crippen LogP contribution in [0.3, 0.4) is 0 Å². The predicted molar refractivity (Wildman–Crippen MR) is 70.8 cm³/mol. The Balaban J connectivity index is 2.79. The van der Waals surface area contributed by atoms with E-state index in [1.54, 1.807) is 0 Å². The molecule has 6 nitrogen and oxygen atoms in total. The number of aromatic amines is 1. The molecule has 0 aliphatic rings. The normalized spacial score (nSPS) is 10.8. The van der Waals surface area contributed by atoms with Gasteiger partial charge in [0.2, 0.25) is 5.91 Å². The van der Waals surface area contributed by atoms with Crippen molar-refractivity contribution in [1.82, 2.24) is 15.1 Å². The van der Waals surface area contributed by atoms with E-state index in [0.717, 1.165) is 17.0 Å². The Kier molecular flexibility index (Phi) is 5.09. The van der Waals surface area contributed by atoms with Crippen LogP contribution in [0, 0.1) is 19.8 Å². The van der Waals surface area contributed by atoms with E-state index in [-0.39, 0.29) is 24.8 Å². The standard InChI is InChI=1S/C13H21N3O3/c1-8(2)6-16(7-13(18)19)12(17)5-11-9(3)14-15-10(11)4/h8H,5-7H2,1-4H3,(H,14,15)(H,18,19). The van der Waals surface area contributed by atoms with Gasteiger partial charge in [0, 0.05) is 17.8 Å². The molecule has 1 rings (SSSR count). The van der Waals surface area contributed by atoms with Gasteiger partial charge in [-0.15, -0.1) is 0 Å². The minimum atomic E-state index is -0.991. The van der Waals surface area contributed by atoms with Gasteiger partial charge in [0.15, 0.2) is 0 Å². The van der Waals surface area contributed by atoms with Crippen molar-refractivity contribution in [3.63, 3.8) is 0 Å². The van der Waals surface area contributed by atoms with Gasteiger partial charge >= 0.3 is 5.97 Å². The number of H-pyrrole nitrogens is 1. The van der Waals surface area contributed by atoms with E-state index in [1.807, 2.05) is 27.7 Å². The van der Waals surface area contributed by atoms with Crippen molar-refractivity contribution >= 4 is 11.9 Å². The van der Waals surface area contributed by atoms with Crippen LogP contribution in [0.25, 0.3) is 0 Å². The fraction of sp³-hybridized carbons (Fsp3) is 0.615. The molecule has 2 N–H and O–H groups in total. The third kappa shape index (κ3) is 4.39. The third-order valence-electron chi connectivity index (χ3n) is 2.87. The monoisotopic (exact) mass is 267 g/mol. The van der Waals surface area contributed by atoms with Crippen molar-refractivity contribution in [2.45, 2.75) is 34.1 Å². The molecule has 1 aromatic rings. The lowest BCUT2D eigenvalue weighted by atomic mass is 10.1. The summed E-state index contributed by atoms with van der Waals surface area (Å²) >= 11 is 0. The first-order valence-corrected chi connectivity index (χ1v) is 6.31.